The Bertz CT molecular complexity index is 185. The Kier molecular flexibility index (Phi) is 4.87. The van der Waals surface area contributed by atoms with Crippen molar-refractivity contribution in [2.45, 2.75) is 47.5 Å². The molecule has 0 fully saturated rings. The predicted molar refractivity (Wildman–Crippen MR) is 53.1 cm³/mol. The number of hydrogen-bond donors (Lipinski definition) is 0. The third-order valence-electron chi connectivity index (χ3n) is 2.50. The largest absolute Gasteiger partial charge is 0.300 e. The smallest absolute Gasteiger partial charge is 0.132 e. The number of hydrogen-bond acceptors (Lipinski definition) is 1. The van der Waals surface area contributed by atoms with Crippen molar-refractivity contribution in [3.8, 4) is 0 Å². The highest BCUT2D eigenvalue weighted by Gasteiger charge is 2.06. The Labute approximate surface area is 75.9 Å². The van der Waals surface area contributed by atoms with Gasteiger partial charge in [-0.3, -0.25) is 4.79 Å². The summed E-state index contributed by atoms with van der Waals surface area (Å²) in [6.07, 6.45) is 2.05. The van der Waals surface area contributed by atoms with E-state index in [4.69, 9.17) is 0 Å². The molecule has 1 nitrogen and oxygen atoms in total. The van der Waals surface area contributed by atoms with Crippen LogP contribution in [0.5, 0.6) is 0 Å². The first kappa shape index (κ1) is 11.4. The van der Waals surface area contributed by atoms with E-state index in [1.54, 1.807) is 6.92 Å². The van der Waals surface area contributed by atoms with Crippen LogP contribution >= 0.6 is 0 Å². The summed E-state index contributed by atoms with van der Waals surface area (Å²) in [6.45, 7) is 10.0. The number of carbonyl (C=O) groups is 1. The molecule has 0 aromatic carbocycles. The lowest BCUT2D eigenvalue weighted by atomic mass is 9.97. The van der Waals surface area contributed by atoms with Gasteiger partial charge in [0, 0.05) is 5.92 Å². The third kappa shape index (κ3) is 4.32. The second-order valence-electron chi connectivity index (χ2n) is 3.83. The monoisotopic (exact) mass is 168 g/mol. The van der Waals surface area contributed by atoms with Crippen molar-refractivity contribution in [1.29, 1.82) is 0 Å². The zero-order valence-electron chi connectivity index (χ0n) is 8.90. The van der Waals surface area contributed by atoms with Crippen LogP contribution in [0.2, 0.25) is 0 Å². The molecule has 0 bridgehead atoms. The zero-order chi connectivity index (χ0) is 9.72. The van der Waals surface area contributed by atoms with E-state index in [1.165, 1.54) is 11.1 Å². The molecule has 0 aliphatic carbocycles. The standard InChI is InChI=1S/C11H20O/c1-8(2)9(3)6-7-10(4)11(5)12/h10H,6-7H2,1-5H3. The highest BCUT2D eigenvalue weighted by atomic mass is 16.1. The number of Topliss-reactive ketones (excluding diaryl/α,β-unsaturated/α-hetero) is 1. The van der Waals surface area contributed by atoms with E-state index in [0.29, 0.717) is 5.78 Å². The summed E-state index contributed by atoms with van der Waals surface area (Å²) in [4.78, 5) is 10.9. The van der Waals surface area contributed by atoms with Gasteiger partial charge in [-0.1, -0.05) is 18.1 Å². The van der Waals surface area contributed by atoms with Crippen LogP contribution in [0.25, 0.3) is 0 Å². The molecule has 1 atom stereocenters. The summed E-state index contributed by atoms with van der Waals surface area (Å²) >= 11 is 0. The van der Waals surface area contributed by atoms with Crippen LogP contribution in [-0.4, -0.2) is 5.78 Å². The maximum absolute atomic E-state index is 10.9. The summed E-state index contributed by atoms with van der Waals surface area (Å²) in [5.41, 5.74) is 2.80. The molecular weight excluding hydrogens is 148 g/mol. The van der Waals surface area contributed by atoms with E-state index in [-0.39, 0.29) is 5.92 Å². The minimum absolute atomic E-state index is 0.222. The molecule has 0 aromatic heterocycles. The molecule has 0 radical (unpaired) electrons. The molecule has 0 spiro atoms. The van der Waals surface area contributed by atoms with Crippen LogP contribution in [0.4, 0.5) is 0 Å². The summed E-state index contributed by atoms with van der Waals surface area (Å²) < 4.78 is 0. The average Bonchev–Trinajstić information content (AvgIpc) is 1.98. The molecule has 0 aliphatic rings. The molecule has 0 saturated carbocycles. The minimum Gasteiger partial charge on any atom is -0.300 e. The lowest BCUT2D eigenvalue weighted by Gasteiger charge is -2.08. The quantitative estimate of drug-likeness (QED) is 0.588. The Hall–Kier alpha value is -0.590. The molecule has 0 N–H and O–H groups in total. The molecule has 0 aromatic rings. The Morgan fingerprint density at radius 2 is 1.67 bits per heavy atom. The Morgan fingerprint density at radius 3 is 2.00 bits per heavy atom. The number of rotatable bonds is 4. The van der Waals surface area contributed by atoms with E-state index >= 15 is 0 Å². The maximum atomic E-state index is 10.9. The average molecular weight is 168 g/mol. The molecule has 0 aliphatic heterocycles. The molecule has 0 saturated heterocycles. The first-order chi connectivity index (χ1) is 5.45. The first-order valence-corrected chi connectivity index (χ1v) is 4.58. The van der Waals surface area contributed by atoms with Gasteiger partial charge in [0.25, 0.3) is 0 Å². The molecule has 12 heavy (non-hydrogen) atoms. The van der Waals surface area contributed by atoms with Gasteiger partial charge in [-0.05, 0) is 40.5 Å². The van der Waals surface area contributed by atoms with Crippen molar-refractivity contribution in [3.05, 3.63) is 11.1 Å². The van der Waals surface area contributed by atoms with E-state index in [9.17, 15) is 4.79 Å². The van der Waals surface area contributed by atoms with Gasteiger partial charge >= 0.3 is 0 Å². The Morgan fingerprint density at radius 1 is 1.17 bits per heavy atom. The normalized spacial score (nSPS) is 12.4. The van der Waals surface area contributed by atoms with Gasteiger partial charge < -0.3 is 0 Å². The maximum Gasteiger partial charge on any atom is 0.132 e. The lowest BCUT2D eigenvalue weighted by Crippen LogP contribution is -2.05. The second kappa shape index (κ2) is 5.13. The molecule has 1 unspecified atom stereocenters. The van der Waals surface area contributed by atoms with Gasteiger partial charge in [0.05, 0.1) is 0 Å². The van der Waals surface area contributed by atoms with E-state index in [1.807, 2.05) is 6.92 Å². The molecule has 0 amide bonds. The van der Waals surface area contributed by atoms with Crippen molar-refractivity contribution < 1.29 is 4.79 Å². The van der Waals surface area contributed by atoms with E-state index in [0.717, 1.165) is 12.8 Å². The third-order valence-corrected chi connectivity index (χ3v) is 2.50. The van der Waals surface area contributed by atoms with Gasteiger partial charge in [0.1, 0.15) is 5.78 Å². The van der Waals surface area contributed by atoms with Crippen molar-refractivity contribution in [2.24, 2.45) is 5.92 Å². The van der Waals surface area contributed by atoms with Gasteiger partial charge in [0.15, 0.2) is 0 Å². The topological polar surface area (TPSA) is 17.1 Å². The van der Waals surface area contributed by atoms with Gasteiger partial charge in [-0.15, -0.1) is 0 Å². The van der Waals surface area contributed by atoms with Crippen LogP contribution < -0.4 is 0 Å². The summed E-state index contributed by atoms with van der Waals surface area (Å²) in [6, 6.07) is 0. The van der Waals surface area contributed by atoms with Crippen LogP contribution in [-0.2, 0) is 4.79 Å². The fraction of sp³-hybridized carbons (Fsp3) is 0.727. The highest BCUT2D eigenvalue weighted by Crippen LogP contribution is 2.14. The second-order valence-corrected chi connectivity index (χ2v) is 3.83. The van der Waals surface area contributed by atoms with Crippen LogP contribution in [0, 0.1) is 5.92 Å². The number of carbonyl (C=O) groups excluding carboxylic acids is 1. The molecule has 0 heterocycles. The van der Waals surface area contributed by atoms with Crippen LogP contribution in [0.15, 0.2) is 11.1 Å². The summed E-state index contributed by atoms with van der Waals surface area (Å²) in [5, 5.41) is 0. The molecule has 0 rings (SSSR count). The fourth-order valence-corrected chi connectivity index (χ4v) is 0.886. The number of allylic oxidation sites excluding steroid dienone is 2. The summed E-state index contributed by atoms with van der Waals surface area (Å²) in [7, 11) is 0. The number of ketones is 1. The van der Waals surface area contributed by atoms with Crippen LogP contribution in [0.1, 0.15) is 47.5 Å². The predicted octanol–water partition coefficient (Wildman–Crippen LogP) is 3.35. The van der Waals surface area contributed by atoms with Crippen molar-refractivity contribution in [3.63, 3.8) is 0 Å². The van der Waals surface area contributed by atoms with E-state index < -0.39 is 0 Å². The zero-order valence-corrected chi connectivity index (χ0v) is 8.90. The lowest BCUT2D eigenvalue weighted by molar-refractivity contribution is -0.120. The Balaban J connectivity index is 3.85. The molecule has 1 heteroatoms. The van der Waals surface area contributed by atoms with E-state index in [2.05, 4.69) is 20.8 Å². The highest BCUT2D eigenvalue weighted by molar-refractivity contribution is 5.77. The van der Waals surface area contributed by atoms with Crippen molar-refractivity contribution >= 4 is 5.78 Å². The summed E-state index contributed by atoms with van der Waals surface area (Å²) in [5.74, 6) is 0.524. The first-order valence-electron chi connectivity index (χ1n) is 4.58. The van der Waals surface area contributed by atoms with Crippen LogP contribution in [0.3, 0.4) is 0 Å². The van der Waals surface area contributed by atoms with Gasteiger partial charge in [-0.25, -0.2) is 0 Å². The SMILES string of the molecule is CC(=O)C(C)CCC(C)=C(C)C. The van der Waals surface area contributed by atoms with Crippen molar-refractivity contribution in [2.75, 3.05) is 0 Å². The van der Waals surface area contributed by atoms with Gasteiger partial charge in [0.2, 0.25) is 0 Å². The van der Waals surface area contributed by atoms with Crippen molar-refractivity contribution in [1.82, 2.24) is 0 Å². The van der Waals surface area contributed by atoms with Gasteiger partial charge in [-0.2, -0.15) is 0 Å². The molecule has 70 valence electrons. The fourth-order valence-electron chi connectivity index (χ4n) is 0.886. The molecular formula is C11H20O. The minimum atomic E-state index is 0.222.